The van der Waals surface area contributed by atoms with Crippen LogP contribution in [0, 0.1) is 6.92 Å². The van der Waals surface area contributed by atoms with Crippen molar-refractivity contribution in [2.75, 3.05) is 5.32 Å². The number of aryl methyl sites for hydroxylation is 1. The van der Waals surface area contributed by atoms with Gasteiger partial charge in [-0.15, -0.1) is 0 Å². The Morgan fingerprint density at radius 2 is 1.70 bits per heavy atom. The molecule has 0 aromatic heterocycles. The summed E-state index contributed by atoms with van der Waals surface area (Å²) >= 11 is 1.98. The van der Waals surface area contributed by atoms with Gasteiger partial charge in [-0.3, -0.25) is 0 Å². The average molecular weight is 285 g/mol. The molecule has 0 atom stereocenters. The second kappa shape index (κ2) is 7.39. The number of rotatable bonds is 6. The highest BCUT2D eigenvalue weighted by molar-refractivity contribution is 7.99. The summed E-state index contributed by atoms with van der Waals surface area (Å²) in [4.78, 5) is 0. The molecule has 1 nitrogen and oxygen atoms in total. The van der Waals surface area contributed by atoms with Crippen molar-refractivity contribution in [2.24, 2.45) is 0 Å². The van der Waals surface area contributed by atoms with E-state index in [2.05, 4.69) is 74.6 Å². The van der Waals surface area contributed by atoms with Crippen molar-refractivity contribution >= 4 is 17.4 Å². The Balaban J connectivity index is 1.89. The van der Waals surface area contributed by atoms with E-state index in [0.717, 1.165) is 12.3 Å². The topological polar surface area (TPSA) is 12.0 Å². The van der Waals surface area contributed by atoms with Gasteiger partial charge in [0.15, 0.2) is 0 Å². The lowest BCUT2D eigenvalue weighted by Gasteiger charge is -2.10. The lowest BCUT2D eigenvalue weighted by Crippen LogP contribution is -2.01. The Morgan fingerprint density at radius 1 is 1.00 bits per heavy atom. The second-order valence-corrected chi connectivity index (χ2v) is 6.90. The van der Waals surface area contributed by atoms with Gasteiger partial charge in [-0.1, -0.05) is 50.2 Å². The molecular weight excluding hydrogens is 262 g/mol. The minimum Gasteiger partial charge on any atom is -0.381 e. The lowest BCUT2D eigenvalue weighted by atomic mass is 10.1. The van der Waals surface area contributed by atoms with Crippen molar-refractivity contribution in [3.8, 4) is 0 Å². The summed E-state index contributed by atoms with van der Waals surface area (Å²) in [5.41, 5.74) is 5.27. The van der Waals surface area contributed by atoms with Crippen LogP contribution in [0.3, 0.4) is 0 Å². The van der Waals surface area contributed by atoms with Gasteiger partial charge < -0.3 is 5.32 Å². The first-order valence-corrected chi connectivity index (χ1v) is 8.19. The smallest absolute Gasteiger partial charge is 0.0403 e. The largest absolute Gasteiger partial charge is 0.381 e. The molecule has 0 spiro atoms. The number of nitrogens with one attached hydrogen (secondary N) is 1. The van der Waals surface area contributed by atoms with Crippen LogP contribution in [0.25, 0.3) is 0 Å². The zero-order valence-corrected chi connectivity index (χ0v) is 13.3. The van der Waals surface area contributed by atoms with Crippen LogP contribution >= 0.6 is 11.8 Å². The Hall–Kier alpha value is -1.41. The van der Waals surface area contributed by atoms with Gasteiger partial charge in [-0.2, -0.15) is 11.8 Å². The maximum atomic E-state index is 3.49. The quantitative estimate of drug-likeness (QED) is 0.778. The fourth-order valence-electron chi connectivity index (χ4n) is 1.99. The van der Waals surface area contributed by atoms with Crippen molar-refractivity contribution < 1.29 is 0 Å². The van der Waals surface area contributed by atoms with Crippen molar-refractivity contribution in [2.45, 2.75) is 38.3 Å². The molecule has 0 saturated heterocycles. The van der Waals surface area contributed by atoms with Crippen molar-refractivity contribution in [1.29, 1.82) is 0 Å². The first kappa shape index (κ1) is 15.0. The van der Waals surface area contributed by atoms with Gasteiger partial charge in [-0.25, -0.2) is 0 Å². The Labute approximate surface area is 126 Å². The summed E-state index contributed by atoms with van der Waals surface area (Å²) in [6.07, 6.45) is 0. The van der Waals surface area contributed by atoms with E-state index in [1.165, 1.54) is 22.4 Å². The summed E-state index contributed by atoms with van der Waals surface area (Å²) < 4.78 is 0. The molecule has 1 N–H and O–H groups in total. The van der Waals surface area contributed by atoms with E-state index >= 15 is 0 Å². The normalized spacial score (nSPS) is 10.8. The first-order valence-electron chi connectivity index (χ1n) is 7.14. The highest BCUT2D eigenvalue weighted by Gasteiger charge is 1.99. The third-order valence-corrected chi connectivity index (χ3v) is 4.45. The Morgan fingerprint density at radius 3 is 2.35 bits per heavy atom. The van der Waals surface area contributed by atoms with Crippen molar-refractivity contribution in [1.82, 2.24) is 0 Å². The number of hydrogen-bond donors (Lipinski definition) is 1. The Bertz CT molecular complexity index is 531. The van der Waals surface area contributed by atoms with E-state index < -0.39 is 0 Å². The molecule has 0 saturated carbocycles. The zero-order valence-electron chi connectivity index (χ0n) is 12.5. The van der Waals surface area contributed by atoms with Crippen LogP contribution in [-0.4, -0.2) is 5.25 Å². The molecule has 0 amide bonds. The SMILES string of the molecule is Cc1ccccc1CNc1ccc(CSC(C)C)cc1. The molecule has 0 aliphatic rings. The molecule has 0 radical (unpaired) electrons. The van der Waals surface area contributed by atoms with E-state index in [-0.39, 0.29) is 0 Å². The van der Waals surface area contributed by atoms with E-state index in [4.69, 9.17) is 0 Å². The minimum absolute atomic E-state index is 0.689. The second-order valence-electron chi connectivity index (χ2n) is 5.34. The lowest BCUT2D eigenvalue weighted by molar-refractivity contribution is 1.11. The monoisotopic (exact) mass is 285 g/mol. The molecular formula is C18H23NS. The summed E-state index contributed by atoms with van der Waals surface area (Å²) in [6, 6.07) is 17.3. The molecule has 2 aromatic rings. The number of anilines is 1. The van der Waals surface area contributed by atoms with Crippen LogP contribution in [-0.2, 0) is 12.3 Å². The van der Waals surface area contributed by atoms with Gasteiger partial charge in [0.2, 0.25) is 0 Å². The summed E-state index contributed by atoms with van der Waals surface area (Å²) in [5, 5.41) is 4.18. The molecule has 2 heteroatoms. The van der Waals surface area contributed by atoms with Crippen molar-refractivity contribution in [3.63, 3.8) is 0 Å². The standard InChI is InChI=1S/C18H23NS/c1-14(2)20-13-16-8-10-18(11-9-16)19-12-17-7-5-4-6-15(17)3/h4-11,14,19H,12-13H2,1-3H3. The minimum atomic E-state index is 0.689. The third kappa shape index (κ3) is 4.61. The van der Waals surface area contributed by atoms with E-state index in [1.807, 2.05) is 11.8 Å². The molecule has 0 fully saturated rings. The maximum Gasteiger partial charge on any atom is 0.0403 e. The average Bonchev–Trinajstić information content (AvgIpc) is 2.45. The number of thioether (sulfide) groups is 1. The van der Waals surface area contributed by atoms with Crippen LogP contribution < -0.4 is 5.32 Å². The van der Waals surface area contributed by atoms with Gasteiger partial charge >= 0.3 is 0 Å². The first-order chi connectivity index (χ1) is 9.65. The molecule has 0 aliphatic heterocycles. The maximum absolute atomic E-state index is 3.49. The molecule has 20 heavy (non-hydrogen) atoms. The fourth-order valence-corrected chi connectivity index (χ4v) is 2.71. The van der Waals surface area contributed by atoms with Crippen molar-refractivity contribution in [3.05, 3.63) is 65.2 Å². The third-order valence-electron chi connectivity index (χ3n) is 3.28. The van der Waals surface area contributed by atoms with Gasteiger partial charge in [0.05, 0.1) is 0 Å². The molecule has 0 aliphatic carbocycles. The van der Waals surface area contributed by atoms with Gasteiger partial charge in [0.1, 0.15) is 0 Å². The van der Waals surface area contributed by atoms with Gasteiger partial charge in [0, 0.05) is 18.0 Å². The molecule has 106 valence electrons. The predicted molar refractivity (Wildman–Crippen MR) is 91.4 cm³/mol. The number of hydrogen-bond acceptors (Lipinski definition) is 2. The van der Waals surface area contributed by atoms with Crippen LogP contribution in [0.2, 0.25) is 0 Å². The Kier molecular flexibility index (Phi) is 5.54. The highest BCUT2D eigenvalue weighted by atomic mass is 32.2. The highest BCUT2D eigenvalue weighted by Crippen LogP contribution is 2.19. The van der Waals surface area contributed by atoms with Gasteiger partial charge in [-0.05, 0) is 41.0 Å². The van der Waals surface area contributed by atoms with Crippen LogP contribution in [0.1, 0.15) is 30.5 Å². The van der Waals surface area contributed by atoms with Gasteiger partial charge in [0.25, 0.3) is 0 Å². The molecule has 0 heterocycles. The van der Waals surface area contributed by atoms with Crippen LogP contribution in [0.4, 0.5) is 5.69 Å². The number of benzene rings is 2. The van der Waals surface area contributed by atoms with E-state index in [1.54, 1.807) is 0 Å². The predicted octanol–water partition coefficient (Wildman–Crippen LogP) is 5.25. The molecule has 0 unspecified atom stereocenters. The van der Waals surface area contributed by atoms with E-state index in [0.29, 0.717) is 5.25 Å². The fraction of sp³-hybridized carbons (Fsp3) is 0.333. The molecule has 2 aromatic carbocycles. The van der Waals surface area contributed by atoms with Crippen LogP contribution in [0.15, 0.2) is 48.5 Å². The zero-order chi connectivity index (χ0) is 14.4. The van der Waals surface area contributed by atoms with E-state index in [9.17, 15) is 0 Å². The molecule has 2 rings (SSSR count). The molecule has 0 bridgehead atoms. The summed E-state index contributed by atoms with van der Waals surface area (Å²) in [6.45, 7) is 7.52. The van der Waals surface area contributed by atoms with Crippen LogP contribution in [0.5, 0.6) is 0 Å². The summed E-state index contributed by atoms with van der Waals surface area (Å²) in [5.74, 6) is 1.09. The summed E-state index contributed by atoms with van der Waals surface area (Å²) in [7, 11) is 0.